The lowest BCUT2D eigenvalue weighted by molar-refractivity contribution is 0.579. The van der Waals surface area contributed by atoms with Crippen LogP contribution in [0.2, 0.25) is 0 Å². The van der Waals surface area contributed by atoms with Crippen molar-refractivity contribution in [2.75, 3.05) is 0 Å². The van der Waals surface area contributed by atoms with Crippen molar-refractivity contribution in [2.45, 2.75) is 66.5 Å². The van der Waals surface area contributed by atoms with Gasteiger partial charge >= 0.3 is 0 Å². The Morgan fingerprint density at radius 3 is 0.583 bits per heavy atom. The van der Waals surface area contributed by atoms with Crippen molar-refractivity contribution in [1.82, 2.24) is 0 Å². The molecule has 0 rings (SSSR count). The topological polar surface area (TPSA) is 52.0 Å². The van der Waals surface area contributed by atoms with E-state index >= 15 is 0 Å². The summed E-state index contributed by atoms with van der Waals surface area (Å²) in [7, 11) is 0. The molecule has 0 aromatic rings. The first kappa shape index (κ1) is 17.9. The van der Waals surface area contributed by atoms with Gasteiger partial charge in [-0.2, -0.15) is 0 Å². The largest absolute Gasteiger partial charge is 0.326 e. The second-order valence-corrected chi connectivity index (χ2v) is 4.73. The highest BCUT2D eigenvalue weighted by Crippen LogP contribution is 1.88. The average molecular weight is 176 g/mol. The number of hydrogen-bond donors (Lipinski definition) is 2. The monoisotopic (exact) mass is 176 g/mol. The van der Waals surface area contributed by atoms with Gasteiger partial charge in [0.1, 0.15) is 0 Å². The first-order valence-corrected chi connectivity index (χ1v) is 4.58. The molecule has 0 unspecified atom stereocenters. The van der Waals surface area contributed by atoms with E-state index in [1.807, 2.05) is 55.4 Å². The van der Waals surface area contributed by atoms with E-state index < -0.39 is 0 Å². The Morgan fingerprint density at radius 1 is 0.583 bits per heavy atom. The van der Waals surface area contributed by atoms with Gasteiger partial charge in [0, 0.05) is 11.1 Å². The molecule has 0 radical (unpaired) electrons. The fourth-order valence-corrected chi connectivity index (χ4v) is 0. The third-order valence-corrected chi connectivity index (χ3v) is 0. The van der Waals surface area contributed by atoms with Crippen LogP contribution in [-0.4, -0.2) is 11.1 Å². The predicted octanol–water partition coefficient (Wildman–Crippen LogP) is 2.51. The quantitative estimate of drug-likeness (QED) is 0.596. The van der Waals surface area contributed by atoms with Crippen LogP contribution >= 0.6 is 0 Å². The van der Waals surface area contributed by atoms with Crippen molar-refractivity contribution in [2.24, 2.45) is 11.5 Å². The molecule has 2 heteroatoms. The van der Waals surface area contributed by atoms with Gasteiger partial charge in [-0.3, -0.25) is 0 Å². The first-order chi connectivity index (χ1) is 5.00. The van der Waals surface area contributed by atoms with Gasteiger partial charge in [0.05, 0.1) is 0 Å². The van der Waals surface area contributed by atoms with Gasteiger partial charge in [-0.05, 0) is 41.5 Å². The van der Waals surface area contributed by atoms with Crippen LogP contribution in [-0.2, 0) is 0 Å². The lowest BCUT2D eigenvalue weighted by Crippen LogP contribution is -2.26. The van der Waals surface area contributed by atoms with Gasteiger partial charge in [0.2, 0.25) is 0 Å². The Bertz CT molecular complexity index is 50.8. The molecule has 12 heavy (non-hydrogen) atoms. The van der Waals surface area contributed by atoms with Crippen LogP contribution in [0, 0.1) is 0 Å². The van der Waals surface area contributed by atoms with Crippen LogP contribution in [0.25, 0.3) is 0 Å². The molecule has 0 aliphatic rings. The maximum Gasteiger partial charge on any atom is 0.00686 e. The SMILES string of the molecule is CC.CC(C)(C)N.CC(C)(C)N. The van der Waals surface area contributed by atoms with E-state index in [0.29, 0.717) is 0 Å². The molecule has 0 atom stereocenters. The summed E-state index contributed by atoms with van der Waals surface area (Å²) in [6.45, 7) is 15.8. The maximum absolute atomic E-state index is 5.35. The van der Waals surface area contributed by atoms with Crippen molar-refractivity contribution >= 4 is 0 Å². The van der Waals surface area contributed by atoms with Crippen LogP contribution in [0.1, 0.15) is 55.4 Å². The molecule has 0 bridgehead atoms. The number of nitrogens with two attached hydrogens (primary N) is 2. The third kappa shape index (κ3) is 123000. The van der Waals surface area contributed by atoms with E-state index in [1.54, 1.807) is 0 Å². The van der Waals surface area contributed by atoms with E-state index in [2.05, 4.69) is 0 Å². The highest BCUT2D eigenvalue weighted by molar-refractivity contribution is 4.60. The average Bonchev–Trinajstić information content (AvgIpc) is 1.59. The van der Waals surface area contributed by atoms with Crippen LogP contribution in [0.5, 0.6) is 0 Å². The molecule has 0 aromatic heterocycles. The fraction of sp³-hybridized carbons (Fsp3) is 1.00. The minimum absolute atomic E-state index is 0. The van der Waals surface area contributed by atoms with E-state index in [1.165, 1.54) is 0 Å². The molecule has 4 N–H and O–H groups in total. The molecular formula is C10H28N2. The molecule has 2 nitrogen and oxygen atoms in total. The van der Waals surface area contributed by atoms with E-state index in [0.717, 1.165) is 0 Å². The van der Waals surface area contributed by atoms with Crippen molar-refractivity contribution in [3.63, 3.8) is 0 Å². The van der Waals surface area contributed by atoms with Crippen molar-refractivity contribution in [1.29, 1.82) is 0 Å². The Balaban J connectivity index is -0.000000112. The maximum atomic E-state index is 5.35. The van der Waals surface area contributed by atoms with Crippen molar-refractivity contribution < 1.29 is 0 Å². The first-order valence-electron chi connectivity index (χ1n) is 4.58. The van der Waals surface area contributed by atoms with Gasteiger partial charge in [-0.25, -0.2) is 0 Å². The summed E-state index contributed by atoms with van der Waals surface area (Å²) >= 11 is 0. The van der Waals surface area contributed by atoms with Gasteiger partial charge in [-0.15, -0.1) is 0 Å². The summed E-state index contributed by atoms with van der Waals surface area (Å²) in [6.07, 6.45) is 0. The standard InChI is InChI=1S/2C4H11N.C2H6/c2*1-4(2,3)5;1-2/h2*5H2,1-3H3;1-2H3. The number of rotatable bonds is 0. The van der Waals surface area contributed by atoms with Crippen molar-refractivity contribution in [3.05, 3.63) is 0 Å². The molecule has 0 saturated carbocycles. The van der Waals surface area contributed by atoms with Gasteiger partial charge in [-0.1, -0.05) is 13.8 Å². The summed E-state index contributed by atoms with van der Waals surface area (Å²) in [5.41, 5.74) is 10.7. The minimum atomic E-state index is 0. The lowest BCUT2D eigenvalue weighted by atomic mass is 10.1. The smallest absolute Gasteiger partial charge is 0.00686 e. The third-order valence-electron chi connectivity index (χ3n) is 0. The van der Waals surface area contributed by atoms with Gasteiger partial charge in [0.15, 0.2) is 0 Å². The van der Waals surface area contributed by atoms with Crippen LogP contribution in [0.4, 0.5) is 0 Å². The second kappa shape index (κ2) is 7.56. The normalized spacial score (nSPS) is 10.5. The molecule has 0 fully saturated rings. The van der Waals surface area contributed by atoms with Crippen LogP contribution in [0.3, 0.4) is 0 Å². The summed E-state index contributed by atoms with van der Waals surface area (Å²) < 4.78 is 0. The Kier molecular flexibility index (Phi) is 11.3. The zero-order valence-corrected chi connectivity index (χ0v) is 10.2. The zero-order valence-electron chi connectivity index (χ0n) is 10.2. The van der Waals surface area contributed by atoms with E-state index in [-0.39, 0.29) is 11.1 Å². The van der Waals surface area contributed by atoms with Crippen LogP contribution < -0.4 is 11.5 Å². The molecule has 0 amide bonds. The fourth-order valence-electron chi connectivity index (χ4n) is 0. The van der Waals surface area contributed by atoms with Gasteiger partial charge < -0.3 is 11.5 Å². The Hall–Kier alpha value is -0.0800. The molecule has 78 valence electrons. The van der Waals surface area contributed by atoms with E-state index in [4.69, 9.17) is 11.5 Å². The molecule has 0 aliphatic carbocycles. The molecule has 0 spiro atoms. The van der Waals surface area contributed by atoms with Crippen molar-refractivity contribution in [3.8, 4) is 0 Å². The van der Waals surface area contributed by atoms with E-state index in [9.17, 15) is 0 Å². The zero-order chi connectivity index (χ0) is 11.0. The lowest BCUT2D eigenvalue weighted by Gasteiger charge is -2.06. The number of hydrogen-bond acceptors (Lipinski definition) is 2. The Labute approximate surface area is 78.7 Å². The molecule has 0 heterocycles. The Morgan fingerprint density at radius 2 is 0.583 bits per heavy atom. The highest BCUT2D eigenvalue weighted by atomic mass is 14.7. The molecule has 0 saturated heterocycles. The molecule has 0 aromatic carbocycles. The highest BCUT2D eigenvalue weighted by Gasteiger charge is 1.95. The summed E-state index contributed by atoms with van der Waals surface area (Å²) in [4.78, 5) is 0. The minimum Gasteiger partial charge on any atom is -0.326 e. The molecular weight excluding hydrogens is 148 g/mol. The summed E-state index contributed by atoms with van der Waals surface area (Å²) in [6, 6.07) is 0. The second-order valence-electron chi connectivity index (χ2n) is 4.73. The summed E-state index contributed by atoms with van der Waals surface area (Å²) in [5.74, 6) is 0. The summed E-state index contributed by atoms with van der Waals surface area (Å²) in [5, 5.41) is 0. The molecule has 0 aliphatic heterocycles. The van der Waals surface area contributed by atoms with Crippen LogP contribution in [0.15, 0.2) is 0 Å². The van der Waals surface area contributed by atoms with Gasteiger partial charge in [0.25, 0.3) is 0 Å². The predicted molar refractivity (Wildman–Crippen MR) is 59.2 cm³/mol.